The summed E-state index contributed by atoms with van der Waals surface area (Å²) in [5.74, 6) is 0.927. The van der Waals surface area contributed by atoms with Gasteiger partial charge in [-0.3, -0.25) is 0 Å². The monoisotopic (exact) mass is 179 g/mol. The Balaban J connectivity index is 2.59. The fourth-order valence-corrected chi connectivity index (χ4v) is 1.08. The van der Waals surface area contributed by atoms with Crippen LogP contribution in [0.1, 0.15) is 20.8 Å². The van der Waals surface area contributed by atoms with Gasteiger partial charge in [0.1, 0.15) is 5.82 Å². The van der Waals surface area contributed by atoms with Crippen molar-refractivity contribution < 1.29 is 0 Å². The second-order valence-electron chi connectivity index (χ2n) is 3.26. The molecule has 0 aliphatic carbocycles. The maximum Gasteiger partial charge on any atom is 0.126 e. The zero-order valence-electron chi connectivity index (χ0n) is 8.46. The van der Waals surface area contributed by atoms with Crippen LogP contribution >= 0.6 is 0 Å². The maximum absolute atomic E-state index is 4.26. The molecule has 3 heteroatoms. The van der Waals surface area contributed by atoms with Gasteiger partial charge in [-0.2, -0.15) is 0 Å². The van der Waals surface area contributed by atoms with Gasteiger partial charge in [0.2, 0.25) is 0 Å². The first-order valence-corrected chi connectivity index (χ1v) is 4.69. The Morgan fingerprint density at radius 3 is 2.62 bits per heavy atom. The van der Waals surface area contributed by atoms with Gasteiger partial charge in [-0.1, -0.05) is 0 Å². The normalized spacial score (nSPS) is 10.2. The van der Waals surface area contributed by atoms with Crippen molar-refractivity contribution in [3.63, 3.8) is 0 Å². The molecule has 13 heavy (non-hydrogen) atoms. The number of pyridine rings is 1. The summed E-state index contributed by atoms with van der Waals surface area (Å²) in [7, 11) is 0. The molecule has 0 radical (unpaired) electrons. The summed E-state index contributed by atoms with van der Waals surface area (Å²) in [5.41, 5.74) is 1.07. The van der Waals surface area contributed by atoms with E-state index in [2.05, 4.69) is 36.4 Å². The lowest BCUT2D eigenvalue weighted by atomic mass is 10.3. The zero-order chi connectivity index (χ0) is 9.68. The van der Waals surface area contributed by atoms with Crippen LogP contribution in [0.25, 0.3) is 0 Å². The van der Waals surface area contributed by atoms with E-state index >= 15 is 0 Å². The van der Waals surface area contributed by atoms with E-state index in [0.717, 1.165) is 18.1 Å². The van der Waals surface area contributed by atoms with Crippen molar-refractivity contribution in [1.82, 2.24) is 4.98 Å². The molecule has 0 aliphatic rings. The number of aromatic nitrogens is 1. The summed E-state index contributed by atoms with van der Waals surface area (Å²) in [4.78, 5) is 4.26. The number of hydrogen-bond acceptors (Lipinski definition) is 3. The highest BCUT2D eigenvalue weighted by atomic mass is 15.0. The highest BCUT2D eigenvalue weighted by Crippen LogP contribution is 2.09. The Kier molecular flexibility index (Phi) is 3.55. The van der Waals surface area contributed by atoms with Crippen molar-refractivity contribution in [3.8, 4) is 0 Å². The lowest BCUT2D eigenvalue weighted by molar-refractivity contribution is 0.889. The van der Waals surface area contributed by atoms with Crippen LogP contribution < -0.4 is 10.6 Å². The molecule has 0 unspecified atom stereocenters. The van der Waals surface area contributed by atoms with Crippen molar-refractivity contribution in [2.24, 2.45) is 0 Å². The molecule has 1 aromatic rings. The number of hydrogen-bond donors (Lipinski definition) is 2. The Morgan fingerprint density at radius 1 is 1.38 bits per heavy atom. The third-order valence-electron chi connectivity index (χ3n) is 1.58. The molecule has 0 aromatic carbocycles. The minimum atomic E-state index is 0.428. The molecule has 2 N–H and O–H groups in total. The fourth-order valence-electron chi connectivity index (χ4n) is 1.08. The lowest BCUT2D eigenvalue weighted by Crippen LogP contribution is -2.10. The minimum Gasteiger partial charge on any atom is -0.384 e. The SMILES string of the molecule is CCNc1ccc(NC(C)C)nc1. The van der Waals surface area contributed by atoms with Gasteiger partial charge in [-0.05, 0) is 32.9 Å². The molecule has 0 fully saturated rings. The highest BCUT2D eigenvalue weighted by Gasteiger charge is 1.95. The summed E-state index contributed by atoms with van der Waals surface area (Å²) in [6.07, 6.45) is 1.84. The summed E-state index contributed by atoms with van der Waals surface area (Å²) in [6, 6.07) is 4.44. The molecule has 0 aliphatic heterocycles. The van der Waals surface area contributed by atoms with Crippen molar-refractivity contribution in [2.75, 3.05) is 17.2 Å². The molecular weight excluding hydrogens is 162 g/mol. The number of nitrogens with zero attached hydrogens (tertiary/aromatic N) is 1. The molecule has 1 aromatic heterocycles. The summed E-state index contributed by atoms with van der Waals surface area (Å²) in [6.45, 7) is 7.19. The minimum absolute atomic E-state index is 0.428. The molecule has 0 spiro atoms. The van der Waals surface area contributed by atoms with Crippen LogP contribution in [0, 0.1) is 0 Å². The van der Waals surface area contributed by atoms with E-state index in [1.165, 1.54) is 0 Å². The van der Waals surface area contributed by atoms with E-state index < -0.39 is 0 Å². The van der Waals surface area contributed by atoms with Crippen LogP contribution in [-0.2, 0) is 0 Å². The largest absolute Gasteiger partial charge is 0.384 e. The van der Waals surface area contributed by atoms with Gasteiger partial charge in [0, 0.05) is 12.6 Å². The highest BCUT2D eigenvalue weighted by molar-refractivity contribution is 5.47. The van der Waals surface area contributed by atoms with E-state index in [1.807, 2.05) is 18.3 Å². The average molecular weight is 179 g/mol. The van der Waals surface area contributed by atoms with Crippen LogP contribution in [0.2, 0.25) is 0 Å². The van der Waals surface area contributed by atoms with Crippen molar-refractivity contribution in [1.29, 1.82) is 0 Å². The predicted molar refractivity (Wildman–Crippen MR) is 57.2 cm³/mol. The maximum atomic E-state index is 4.26. The average Bonchev–Trinajstić information content (AvgIpc) is 2.08. The molecule has 1 rings (SSSR count). The molecular formula is C10H17N3. The van der Waals surface area contributed by atoms with E-state index in [4.69, 9.17) is 0 Å². The summed E-state index contributed by atoms with van der Waals surface area (Å²) in [5, 5.41) is 6.43. The summed E-state index contributed by atoms with van der Waals surface area (Å²) >= 11 is 0. The first-order chi connectivity index (χ1) is 6.22. The van der Waals surface area contributed by atoms with Crippen LogP contribution in [-0.4, -0.2) is 17.6 Å². The fraction of sp³-hybridized carbons (Fsp3) is 0.500. The van der Waals surface area contributed by atoms with Gasteiger partial charge >= 0.3 is 0 Å². The van der Waals surface area contributed by atoms with Gasteiger partial charge in [0.15, 0.2) is 0 Å². The smallest absolute Gasteiger partial charge is 0.126 e. The Bertz CT molecular complexity index is 241. The van der Waals surface area contributed by atoms with Crippen LogP contribution in [0.5, 0.6) is 0 Å². The first-order valence-electron chi connectivity index (χ1n) is 4.69. The van der Waals surface area contributed by atoms with Gasteiger partial charge in [0.25, 0.3) is 0 Å². The van der Waals surface area contributed by atoms with E-state index in [1.54, 1.807) is 0 Å². The van der Waals surface area contributed by atoms with Crippen LogP contribution in [0.4, 0.5) is 11.5 Å². The quantitative estimate of drug-likeness (QED) is 0.745. The van der Waals surface area contributed by atoms with E-state index in [9.17, 15) is 0 Å². The lowest BCUT2D eigenvalue weighted by Gasteiger charge is -2.09. The van der Waals surface area contributed by atoms with Gasteiger partial charge in [-0.25, -0.2) is 4.98 Å². The van der Waals surface area contributed by atoms with Gasteiger partial charge in [0.05, 0.1) is 11.9 Å². The van der Waals surface area contributed by atoms with E-state index in [-0.39, 0.29) is 0 Å². The zero-order valence-corrected chi connectivity index (χ0v) is 8.46. The summed E-state index contributed by atoms with van der Waals surface area (Å²) < 4.78 is 0. The molecule has 0 bridgehead atoms. The third kappa shape index (κ3) is 3.32. The number of nitrogens with one attached hydrogen (secondary N) is 2. The Labute approximate surface area is 79.6 Å². The molecule has 72 valence electrons. The van der Waals surface area contributed by atoms with Crippen molar-refractivity contribution in [3.05, 3.63) is 18.3 Å². The molecule has 0 saturated carbocycles. The second-order valence-corrected chi connectivity index (χ2v) is 3.26. The van der Waals surface area contributed by atoms with E-state index in [0.29, 0.717) is 6.04 Å². The topological polar surface area (TPSA) is 37.0 Å². The van der Waals surface area contributed by atoms with Crippen LogP contribution in [0.3, 0.4) is 0 Å². The second kappa shape index (κ2) is 4.70. The molecule has 0 atom stereocenters. The first kappa shape index (κ1) is 9.84. The van der Waals surface area contributed by atoms with Gasteiger partial charge in [-0.15, -0.1) is 0 Å². The van der Waals surface area contributed by atoms with Gasteiger partial charge < -0.3 is 10.6 Å². The Morgan fingerprint density at radius 2 is 2.15 bits per heavy atom. The number of anilines is 2. The van der Waals surface area contributed by atoms with Crippen molar-refractivity contribution in [2.45, 2.75) is 26.8 Å². The standard InChI is InChI=1S/C10H17N3/c1-4-11-9-5-6-10(12-7-9)13-8(2)3/h5-8,11H,4H2,1-3H3,(H,12,13). The molecule has 1 heterocycles. The molecule has 0 amide bonds. The van der Waals surface area contributed by atoms with Crippen LogP contribution in [0.15, 0.2) is 18.3 Å². The molecule has 3 nitrogen and oxygen atoms in total. The molecule has 0 saturated heterocycles. The van der Waals surface area contributed by atoms with Crippen molar-refractivity contribution >= 4 is 11.5 Å². The number of rotatable bonds is 4. The third-order valence-corrected chi connectivity index (χ3v) is 1.58. The Hall–Kier alpha value is -1.25. The predicted octanol–water partition coefficient (Wildman–Crippen LogP) is 2.33.